The second kappa shape index (κ2) is 6.57. The van der Waals surface area contributed by atoms with Crippen molar-refractivity contribution in [2.24, 2.45) is 0 Å². The molecular weight excluding hydrogens is 240 g/mol. The van der Waals surface area contributed by atoms with Gasteiger partial charge in [-0.25, -0.2) is 0 Å². The van der Waals surface area contributed by atoms with Crippen LogP contribution >= 0.6 is 0 Å². The molecule has 1 N–H and O–H groups in total. The van der Waals surface area contributed by atoms with E-state index in [1.165, 1.54) is 6.42 Å². The number of hydrogen-bond acceptors (Lipinski definition) is 3. The van der Waals surface area contributed by atoms with E-state index in [1.54, 1.807) is 4.90 Å². The van der Waals surface area contributed by atoms with Crippen molar-refractivity contribution in [1.82, 2.24) is 10.2 Å². The van der Waals surface area contributed by atoms with E-state index in [2.05, 4.69) is 5.32 Å². The molecular formula is C15H22N2O2. The second-order valence-electron chi connectivity index (χ2n) is 4.91. The molecule has 1 aromatic rings. The number of carbonyl (C=O) groups is 1. The Balaban J connectivity index is 2.05. The van der Waals surface area contributed by atoms with E-state index in [0.29, 0.717) is 24.0 Å². The Morgan fingerprint density at radius 3 is 2.95 bits per heavy atom. The van der Waals surface area contributed by atoms with Gasteiger partial charge >= 0.3 is 0 Å². The van der Waals surface area contributed by atoms with Crippen LogP contribution in [0.15, 0.2) is 24.3 Å². The van der Waals surface area contributed by atoms with Crippen molar-refractivity contribution in [3.8, 4) is 5.75 Å². The van der Waals surface area contributed by atoms with Crippen molar-refractivity contribution in [3.05, 3.63) is 29.8 Å². The maximum absolute atomic E-state index is 12.4. The highest BCUT2D eigenvalue weighted by Gasteiger charge is 2.21. The molecule has 1 fully saturated rings. The van der Waals surface area contributed by atoms with Crippen LogP contribution in [-0.4, -0.2) is 43.6 Å². The predicted molar refractivity (Wildman–Crippen MR) is 75.6 cm³/mol. The number of carbonyl (C=O) groups excluding carboxylic acids is 1. The van der Waals surface area contributed by atoms with Crippen molar-refractivity contribution in [2.75, 3.05) is 26.7 Å². The summed E-state index contributed by atoms with van der Waals surface area (Å²) in [6.07, 6.45) is 2.34. The second-order valence-corrected chi connectivity index (χ2v) is 4.91. The van der Waals surface area contributed by atoms with Crippen LogP contribution in [0.5, 0.6) is 5.75 Å². The topological polar surface area (TPSA) is 41.6 Å². The van der Waals surface area contributed by atoms with Gasteiger partial charge in [-0.15, -0.1) is 0 Å². The van der Waals surface area contributed by atoms with Gasteiger partial charge in [0, 0.05) is 19.6 Å². The van der Waals surface area contributed by atoms with Crippen molar-refractivity contribution in [1.29, 1.82) is 0 Å². The molecule has 1 atom stereocenters. The average Bonchev–Trinajstić information content (AvgIpc) is 2.92. The van der Waals surface area contributed by atoms with Crippen LogP contribution in [-0.2, 0) is 0 Å². The summed E-state index contributed by atoms with van der Waals surface area (Å²) in [5.74, 6) is 0.694. The molecule has 4 nitrogen and oxygen atoms in total. The maximum Gasteiger partial charge on any atom is 0.257 e. The summed E-state index contributed by atoms with van der Waals surface area (Å²) < 4.78 is 5.52. The summed E-state index contributed by atoms with van der Waals surface area (Å²) in [7, 11) is 1.85. The number of likely N-dealkylation sites (N-methyl/N-ethyl adjacent to an activating group) is 1. The summed E-state index contributed by atoms with van der Waals surface area (Å²) in [6, 6.07) is 7.86. The van der Waals surface area contributed by atoms with Crippen molar-refractivity contribution in [3.63, 3.8) is 0 Å². The molecule has 0 bridgehead atoms. The van der Waals surface area contributed by atoms with Gasteiger partial charge in [-0.2, -0.15) is 0 Å². The van der Waals surface area contributed by atoms with Gasteiger partial charge in [-0.3, -0.25) is 4.79 Å². The third-order valence-electron chi connectivity index (χ3n) is 3.42. The van der Waals surface area contributed by atoms with E-state index < -0.39 is 0 Å². The molecule has 0 saturated carbocycles. The van der Waals surface area contributed by atoms with Crippen LogP contribution in [0.4, 0.5) is 0 Å². The van der Waals surface area contributed by atoms with Crippen LogP contribution in [0.25, 0.3) is 0 Å². The highest BCUT2D eigenvalue weighted by molar-refractivity contribution is 5.96. The molecule has 1 heterocycles. The molecule has 1 saturated heterocycles. The molecule has 19 heavy (non-hydrogen) atoms. The molecule has 1 amide bonds. The minimum absolute atomic E-state index is 0.0257. The summed E-state index contributed by atoms with van der Waals surface area (Å²) in [5, 5.41) is 3.41. The summed E-state index contributed by atoms with van der Waals surface area (Å²) in [4.78, 5) is 14.2. The van der Waals surface area contributed by atoms with E-state index in [1.807, 2.05) is 38.2 Å². The van der Waals surface area contributed by atoms with Crippen molar-refractivity contribution in [2.45, 2.75) is 25.8 Å². The Hall–Kier alpha value is -1.55. The normalized spacial score (nSPS) is 18.3. The number of ether oxygens (including phenoxy) is 1. The van der Waals surface area contributed by atoms with Gasteiger partial charge in [-0.05, 0) is 38.4 Å². The van der Waals surface area contributed by atoms with Crippen LogP contribution < -0.4 is 10.1 Å². The minimum Gasteiger partial charge on any atom is -0.493 e. The molecule has 1 aliphatic heterocycles. The number of amides is 1. The first kappa shape index (κ1) is 13.9. The molecule has 1 unspecified atom stereocenters. The van der Waals surface area contributed by atoms with Gasteiger partial charge in [0.05, 0.1) is 12.2 Å². The lowest BCUT2D eigenvalue weighted by atomic mass is 10.1. The number of benzene rings is 1. The fourth-order valence-electron chi connectivity index (χ4n) is 2.46. The van der Waals surface area contributed by atoms with Gasteiger partial charge < -0.3 is 15.0 Å². The SMILES string of the molecule is CCOc1ccccc1C(=O)N(C)CC1CCCN1. The zero-order valence-electron chi connectivity index (χ0n) is 11.7. The summed E-state index contributed by atoms with van der Waals surface area (Å²) in [6.45, 7) is 4.30. The molecule has 4 heteroatoms. The number of rotatable bonds is 5. The van der Waals surface area contributed by atoms with E-state index in [9.17, 15) is 4.79 Å². The van der Waals surface area contributed by atoms with Gasteiger partial charge in [0.1, 0.15) is 5.75 Å². The van der Waals surface area contributed by atoms with Gasteiger partial charge in [0.25, 0.3) is 5.91 Å². The van der Waals surface area contributed by atoms with E-state index in [0.717, 1.165) is 19.5 Å². The lowest BCUT2D eigenvalue weighted by Gasteiger charge is -2.22. The van der Waals surface area contributed by atoms with E-state index >= 15 is 0 Å². The van der Waals surface area contributed by atoms with E-state index in [4.69, 9.17) is 4.74 Å². The smallest absolute Gasteiger partial charge is 0.257 e. The Labute approximate surface area is 114 Å². The van der Waals surface area contributed by atoms with Crippen molar-refractivity contribution >= 4 is 5.91 Å². The van der Waals surface area contributed by atoms with Gasteiger partial charge in [0.15, 0.2) is 0 Å². The predicted octanol–water partition coefficient (Wildman–Crippen LogP) is 1.91. The lowest BCUT2D eigenvalue weighted by Crippen LogP contribution is -2.38. The first-order chi connectivity index (χ1) is 9.22. The Bertz CT molecular complexity index is 428. The zero-order valence-corrected chi connectivity index (χ0v) is 11.7. The van der Waals surface area contributed by atoms with Gasteiger partial charge in [0.2, 0.25) is 0 Å². The fourth-order valence-corrected chi connectivity index (χ4v) is 2.46. The molecule has 0 aromatic heterocycles. The molecule has 1 aliphatic rings. The number of para-hydroxylation sites is 1. The van der Waals surface area contributed by atoms with Crippen LogP contribution in [0.2, 0.25) is 0 Å². The average molecular weight is 262 g/mol. The Kier molecular flexibility index (Phi) is 4.80. The Morgan fingerprint density at radius 2 is 2.26 bits per heavy atom. The van der Waals surface area contributed by atoms with Crippen LogP contribution in [0.1, 0.15) is 30.1 Å². The first-order valence-electron chi connectivity index (χ1n) is 6.93. The van der Waals surface area contributed by atoms with Crippen LogP contribution in [0.3, 0.4) is 0 Å². The maximum atomic E-state index is 12.4. The molecule has 0 spiro atoms. The van der Waals surface area contributed by atoms with Gasteiger partial charge in [-0.1, -0.05) is 12.1 Å². The number of nitrogens with zero attached hydrogens (tertiary/aromatic N) is 1. The highest BCUT2D eigenvalue weighted by atomic mass is 16.5. The fraction of sp³-hybridized carbons (Fsp3) is 0.533. The minimum atomic E-state index is 0.0257. The standard InChI is InChI=1S/C15H22N2O2/c1-3-19-14-9-5-4-8-13(14)15(18)17(2)11-12-7-6-10-16-12/h4-5,8-9,12,16H,3,6-7,10-11H2,1-2H3. The summed E-state index contributed by atoms with van der Waals surface area (Å²) in [5.41, 5.74) is 0.643. The number of nitrogens with one attached hydrogen (secondary N) is 1. The molecule has 0 aliphatic carbocycles. The zero-order chi connectivity index (χ0) is 13.7. The number of hydrogen-bond donors (Lipinski definition) is 1. The quantitative estimate of drug-likeness (QED) is 0.881. The Morgan fingerprint density at radius 1 is 1.47 bits per heavy atom. The van der Waals surface area contributed by atoms with Crippen molar-refractivity contribution < 1.29 is 9.53 Å². The lowest BCUT2D eigenvalue weighted by molar-refractivity contribution is 0.0779. The first-order valence-corrected chi connectivity index (χ1v) is 6.93. The third-order valence-corrected chi connectivity index (χ3v) is 3.42. The summed E-state index contributed by atoms with van der Waals surface area (Å²) >= 11 is 0. The molecule has 2 rings (SSSR count). The molecule has 1 aromatic carbocycles. The monoisotopic (exact) mass is 262 g/mol. The molecule has 0 radical (unpaired) electrons. The largest absolute Gasteiger partial charge is 0.493 e. The highest BCUT2D eigenvalue weighted by Crippen LogP contribution is 2.20. The third kappa shape index (κ3) is 3.47. The van der Waals surface area contributed by atoms with Crippen LogP contribution in [0, 0.1) is 0 Å². The molecule has 104 valence electrons. The van der Waals surface area contributed by atoms with E-state index in [-0.39, 0.29) is 5.91 Å².